The summed E-state index contributed by atoms with van der Waals surface area (Å²) in [7, 11) is 0. The van der Waals surface area contributed by atoms with E-state index in [2.05, 4.69) is 10.6 Å². The summed E-state index contributed by atoms with van der Waals surface area (Å²) in [5.74, 6) is -0.562. The van der Waals surface area contributed by atoms with Crippen LogP contribution >= 0.6 is 0 Å². The van der Waals surface area contributed by atoms with E-state index in [0.29, 0.717) is 17.8 Å². The van der Waals surface area contributed by atoms with Crippen LogP contribution < -0.4 is 10.6 Å². The quantitative estimate of drug-likeness (QED) is 0.384. The number of aliphatic hydroxyl groups is 1. The lowest BCUT2D eigenvalue weighted by Crippen LogP contribution is -2.17. The van der Waals surface area contributed by atoms with E-state index in [1.54, 1.807) is 24.3 Å². The van der Waals surface area contributed by atoms with Crippen LogP contribution in [0.2, 0.25) is 0 Å². The summed E-state index contributed by atoms with van der Waals surface area (Å²) < 4.78 is 0. The zero-order valence-electron chi connectivity index (χ0n) is 12.2. The van der Waals surface area contributed by atoms with Gasteiger partial charge >= 0.3 is 0 Å². The van der Waals surface area contributed by atoms with Crippen molar-refractivity contribution in [1.82, 2.24) is 5.32 Å². The van der Waals surface area contributed by atoms with E-state index >= 15 is 0 Å². The fourth-order valence-corrected chi connectivity index (χ4v) is 1.72. The zero-order valence-corrected chi connectivity index (χ0v) is 12.2. The maximum Gasteiger partial charge on any atom is 0.267 e. The van der Waals surface area contributed by atoms with E-state index < -0.39 is 5.91 Å². The molecule has 0 radical (unpaired) electrons. The fraction of sp³-hybridized carbons (Fsp3) is 0.312. The number of para-hydroxylation sites is 1. The van der Waals surface area contributed by atoms with Crippen molar-refractivity contribution in [3.05, 3.63) is 41.6 Å². The summed E-state index contributed by atoms with van der Waals surface area (Å²) in [6.45, 7) is 0.785. The highest BCUT2D eigenvalue weighted by Gasteiger charge is 2.11. The van der Waals surface area contributed by atoms with Gasteiger partial charge in [-0.3, -0.25) is 4.79 Å². The molecule has 6 heteroatoms. The lowest BCUT2D eigenvalue weighted by Gasteiger charge is -2.06. The van der Waals surface area contributed by atoms with Crippen molar-refractivity contribution < 1.29 is 9.90 Å². The van der Waals surface area contributed by atoms with Crippen molar-refractivity contribution >= 4 is 11.6 Å². The Kier molecular flexibility index (Phi) is 7.81. The Morgan fingerprint density at radius 3 is 2.68 bits per heavy atom. The lowest BCUT2D eigenvalue weighted by molar-refractivity contribution is -0.112. The molecule has 1 rings (SSSR count). The van der Waals surface area contributed by atoms with Crippen molar-refractivity contribution in [2.45, 2.75) is 19.3 Å². The summed E-state index contributed by atoms with van der Waals surface area (Å²) in [4.78, 5) is 12.0. The number of hydrogen-bond acceptors (Lipinski definition) is 5. The highest BCUT2D eigenvalue weighted by Crippen LogP contribution is 2.14. The van der Waals surface area contributed by atoms with Gasteiger partial charge in [0.2, 0.25) is 0 Å². The minimum atomic E-state index is -0.562. The van der Waals surface area contributed by atoms with Crippen molar-refractivity contribution in [3.63, 3.8) is 0 Å². The van der Waals surface area contributed by atoms with Crippen molar-refractivity contribution in [1.29, 1.82) is 10.5 Å². The number of carbonyl (C=O) groups is 1. The van der Waals surface area contributed by atoms with Gasteiger partial charge in [0.1, 0.15) is 17.7 Å². The normalized spacial score (nSPS) is 10.4. The van der Waals surface area contributed by atoms with E-state index in [1.165, 1.54) is 6.20 Å². The van der Waals surface area contributed by atoms with Gasteiger partial charge in [0.15, 0.2) is 0 Å². The van der Waals surface area contributed by atoms with E-state index in [0.717, 1.165) is 19.3 Å². The molecular formula is C16H18N4O2. The van der Waals surface area contributed by atoms with Gasteiger partial charge < -0.3 is 15.7 Å². The van der Waals surface area contributed by atoms with Crippen molar-refractivity contribution in [2.24, 2.45) is 0 Å². The second-order valence-electron chi connectivity index (χ2n) is 4.52. The molecule has 0 fully saturated rings. The van der Waals surface area contributed by atoms with Gasteiger partial charge in [-0.2, -0.15) is 10.5 Å². The van der Waals surface area contributed by atoms with Crippen LogP contribution in [0.1, 0.15) is 24.8 Å². The number of anilines is 1. The molecule has 0 atom stereocenters. The number of aliphatic hydroxyl groups excluding tert-OH is 1. The van der Waals surface area contributed by atoms with E-state index in [9.17, 15) is 4.79 Å². The third kappa shape index (κ3) is 5.66. The average Bonchev–Trinajstić information content (AvgIpc) is 2.54. The minimum absolute atomic E-state index is 0.0603. The third-order valence-corrected chi connectivity index (χ3v) is 2.89. The first-order chi connectivity index (χ1) is 10.7. The number of unbranched alkanes of at least 4 members (excludes halogenated alkanes) is 2. The van der Waals surface area contributed by atoms with Gasteiger partial charge in [-0.1, -0.05) is 12.1 Å². The Bertz CT molecular complexity index is 611. The molecule has 0 aromatic heterocycles. The summed E-state index contributed by atoms with van der Waals surface area (Å²) in [5, 5.41) is 32.1. The Balaban J connectivity index is 2.58. The van der Waals surface area contributed by atoms with Crippen LogP contribution in [0, 0.1) is 22.7 Å². The topological polar surface area (TPSA) is 109 Å². The highest BCUT2D eigenvalue weighted by molar-refractivity contribution is 6.07. The van der Waals surface area contributed by atoms with Crippen molar-refractivity contribution in [3.8, 4) is 12.1 Å². The molecular weight excluding hydrogens is 280 g/mol. The molecule has 0 aliphatic rings. The number of nitriles is 2. The van der Waals surface area contributed by atoms with Crippen LogP contribution in [0.25, 0.3) is 0 Å². The monoisotopic (exact) mass is 298 g/mol. The van der Waals surface area contributed by atoms with Crippen LogP contribution in [0.3, 0.4) is 0 Å². The second kappa shape index (κ2) is 9.98. The van der Waals surface area contributed by atoms with Gasteiger partial charge in [-0.25, -0.2) is 0 Å². The Labute approximate surface area is 129 Å². The summed E-state index contributed by atoms with van der Waals surface area (Å²) in [5.41, 5.74) is 0.652. The first-order valence-electron chi connectivity index (χ1n) is 6.98. The van der Waals surface area contributed by atoms with Crippen LogP contribution in [-0.2, 0) is 4.79 Å². The van der Waals surface area contributed by atoms with Gasteiger partial charge in [-0.05, 0) is 31.4 Å². The zero-order chi connectivity index (χ0) is 16.2. The summed E-state index contributed by atoms with van der Waals surface area (Å²) >= 11 is 0. The van der Waals surface area contributed by atoms with Gasteiger partial charge in [0, 0.05) is 19.4 Å². The molecule has 114 valence electrons. The number of rotatable bonds is 8. The van der Waals surface area contributed by atoms with Crippen LogP contribution in [0.5, 0.6) is 0 Å². The molecule has 6 nitrogen and oxygen atoms in total. The molecule has 0 unspecified atom stereocenters. The number of hydrogen-bond donors (Lipinski definition) is 3. The number of nitrogens with zero attached hydrogens (tertiary/aromatic N) is 2. The molecule has 0 aliphatic carbocycles. The van der Waals surface area contributed by atoms with Crippen LogP contribution in [0.4, 0.5) is 5.69 Å². The molecule has 0 saturated heterocycles. The number of benzene rings is 1. The van der Waals surface area contributed by atoms with Crippen LogP contribution in [-0.4, -0.2) is 24.2 Å². The molecule has 0 bridgehead atoms. The molecule has 1 aromatic carbocycles. The number of nitrogens with one attached hydrogen (secondary N) is 2. The summed E-state index contributed by atoms with van der Waals surface area (Å²) in [6.07, 6.45) is 3.82. The smallest absolute Gasteiger partial charge is 0.267 e. The first kappa shape index (κ1) is 17.2. The van der Waals surface area contributed by atoms with E-state index in [1.807, 2.05) is 12.1 Å². The Hall–Kier alpha value is -2.83. The summed E-state index contributed by atoms with van der Waals surface area (Å²) in [6, 6.07) is 10.4. The molecule has 22 heavy (non-hydrogen) atoms. The molecule has 1 aromatic rings. The fourth-order valence-electron chi connectivity index (χ4n) is 1.72. The van der Waals surface area contributed by atoms with Crippen molar-refractivity contribution in [2.75, 3.05) is 18.5 Å². The molecule has 3 N–H and O–H groups in total. The molecule has 0 saturated carbocycles. The maximum absolute atomic E-state index is 12.0. The second-order valence-corrected chi connectivity index (χ2v) is 4.52. The predicted octanol–water partition coefficient (Wildman–Crippen LogP) is 1.66. The van der Waals surface area contributed by atoms with Gasteiger partial charge in [0.05, 0.1) is 11.3 Å². The maximum atomic E-state index is 12.0. The molecule has 0 spiro atoms. The molecule has 0 aliphatic heterocycles. The van der Waals surface area contributed by atoms with Crippen LogP contribution in [0.15, 0.2) is 36.0 Å². The number of carbonyl (C=O) groups excluding carboxylic acids is 1. The van der Waals surface area contributed by atoms with E-state index in [-0.39, 0.29) is 12.2 Å². The predicted molar refractivity (Wildman–Crippen MR) is 82.4 cm³/mol. The standard InChI is InChI=1S/C16H18N4O2/c17-10-13-6-2-3-7-15(13)20-16(22)14(11-18)12-19-8-4-1-5-9-21/h2-3,6-7,12,19,21H,1,4-5,8-9H2,(H,20,22)/b14-12-. The Morgan fingerprint density at radius 1 is 1.23 bits per heavy atom. The van der Waals surface area contributed by atoms with Gasteiger partial charge in [-0.15, -0.1) is 0 Å². The Morgan fingerprint density at radius 2 is 2.00 bits per heavy atom. The molecule has 1 amide bonds. The average molecular weight is 298 g/mol. The van der Waals surface area contributed by atoms with E-state index in [4.69, 9.17) is 15.6 Å². The van der Waals surface area contributed by atoms with Gasteiger partial charge in [0.25, 0.3) is 5.91 Å². The lowest BCUT2D eigenvalue weighted by atomic mass is 10.2. The largest absolute Gasteiger partial charge is 0.396 e. The number of amides is 1. The third-order valence-electron chi connectivity index (χ3n) is 2.89. The minimum Gasteiger partial charge on any atom is -0.396 e. The first-order valence-corrected chi connectivity index (χ1v) is 6.98. The SMILES string of the molecule is N#C/C(=C/NCCCCCO)C(=O)Nc1ccccc1C#N. The molecule has 0 heterocycles. The highest BCUT2D eigenvalue weighted by atomic mass is 16.2.